The second kappa shape index (κ2) is 6.83. The minimum atomic E-state index is -0.848. The van der Waals surface area contributed by atoms with Crippen LogP contribution in [-0.4, -0.2) is 35.9 Å². The number of imide groups is 1. The van der Waals surface area contributed by atoms with E-state index in [4.69, 9.17) is 10.2 Å². The molecule has 0 bridgehead atoms. The van der Waals surface area contributed by atoms with Crippen molar-refractivity contribution in [2.24, 2.45) is 0 Å². The summed E-state index contributed by atoms with van der Waals surface area (Å²) in [7, 11) is 1.14. The first kappa shape index (κ1) is 13.4. The molecule has 0 aliphatic rings. The quantitative estimate of drug-likeness (QED) is 0.595. The molecule has 0 fully saturated rings. The third kappa shape index (κ3) is 5.69. The number of carbonyl (C=O) groups excluding carboxylic acids is 2. The number of methoxy groups -OCH3 is 1. The van der Waals surface area contributed by atoms with Gasteiger partial charge in [0, 0.05) is 6.61 Å². The van der Waals surface area contributed by atoms with E-state index in [-0.39, 0.29) is 25.2 Å². The van der Waals surface area contributed by atoms with Gasteiger partial charge in [-0.1, -0.05) is 0 Å². The summed E-state index contributed by atoms with van der Waals surface area (Å²) in [5.74, 6) is -0.609. The minimum Gasteiger partial charge on any atom is -0.513 e. The fraction of sp³-hybridized carbons (Fsp3) is 0.556. The molecule has 2 amide bonds. The van der Waals surface area contributed by atoms with E-state index in [9.17, 15) is 9.59 Å². The molecule has 86 valence electrons. The van der Waals surface area contributed by atoms with Gasteiger partial charge in [0.25, 0.3) is 0 Å². The summed E-state index contributed by atoms with van der Waals surface area (Å²) in [5.41, 5.74) is 0.388. The Bertz CT molecular complexity index is 268. The Balaban J connectivity index is 4.25. The number of hydrogen-bond acceptors (Lipinski definition) is 5. The monoisotopic (exact) mass is 217 g/mol. The van der Waals surface area contributed by atoms with Gasteiger partial charge in [-0.2, -0.15) is 0 Å². The lowest BCUT2D eigenvalue weighted by Crippen LogP contribution is -2.30. The Kier molecular flexibility index (Phi) is 6.12. The van der Waals surface area contributed by atoms with Crippen molar-refractivity contribution in [1.29, 1.82) is 0 Å². The molecular weight excluding hydrogens is 202 g/mol. The number of alkyl carbamates (subject to hydrolysis) is 1. The van der Waals surface area contributed by atoms with Gasteiger partial charge in [-0.3, -0.25) is 10.1 Å². The number of ether oxygens (including phenoxy) is 1. The van der Waals surface area contributed by atoms with Crippen molar-refractivity contribution in [2.75, 3.05) is 13.7 Å². The lowest BCUT2D eigenvalue weighted by Gasteiger charge is -2.06. The molecule has 0 radical (unpaired) electrons. The topological polar surface area (TPSA) is 95.9 Å². The zero-order valence-corrected chi connectivity index (χ0v) is 8.74. The van der Waals surface area contributed by atoms with E-state index in [1.807, 2.05) is 5.32 Å². The number of carbonyl (C=O) groups is 2. The fourth-order valence-electron chi connectivity index (χ4n) is 0.935. The average molecular weight is 217 g/mol. The molecule has 6 heteroatoms. The maximum Gasteiger partial charge on any atom is 0.413 e. The van der Waals surface area contributed by atoms with Crippen molar-refractivity contribution in [3.63, 3.8) is 0 Å². The Morgan fingerprint density at radius 2 is 2.00 bits per heavy atom. The van der Waals surface area contributed by atoms with Crippen LogP contribution in [-0.2, 0) is 9.53 Å². The number of aliphatic hydroxyl groups is 2. The number of rotatable bonds is 4. The summed E-state index contributed by atoms with van der Waals surface area (Å²) < 4.78 is 4.22. The first-order valence-corrected chi connectivity index (χ1v) is 4.37. The van der Waals surface area contributed by atoms with Crippen molar-refractivity contribution in [1.82, 2.24) is 5.32 Å². The van der Waals surface area contributed by atoms with E-state index in [1.54, 1.807) is 0 Å². The van der Waals surface area contributed by atoms with Crippen molar-refractivity contribution >= 4 is 12.0 Å². The normalized spacial score (nSPS) is 11.7. The third-order valence-corrected chi connectivity index (χ3v) is 1.73. The van der Waals surface area contributed by atoms with Crippen molar-refractivity contribution in [3.05, 3.63) is 11.3 Å². The SMILES string of the molecule is COC(=O)NC(=O)C/C(CCO)=C(/C)O. The predicted molar refractivity (Wildman–Crippen MR) is 52.2 cm³/mol. The Hall–Kier alpha value is -1.56. The molecule has 0 aromatic carbocycles. The van der Waals surface area contributed by atoms with Crippen LogP contribution in [0.3, 0.4) is 0 Å². The van der Waals surface area contributed by atoms with Crippen molar-refractivity contribution in [2.45, 2.75) is 19.8 Å². The molecule has 0 atom stereocenters. The van der Waals surface area contributed by atoms with Crippen LogP contribution in [0.25, 0.3) is 0 Å². The third-order valence-electron chi connectivity index (χ3n) is 1.73. The average Bonchev–Trinajstić information content (AvgIpc) is 2.16. The fourth-order valence-corrected chi connectivity index (χ4v) is 0.935. The highest BCUT2D eigenvalue weighted by molar-refractivity contribution is 5.92. The number of allylic oxidation sites excluding steroid dienone is 1. The zero-order chi connectivity index (χ0) is 11.8. The van der Waals surface area contributed by atoms with Gasteiger partial charge in [0.05, 0.1) is 19.3 Å². The highest BCUT2D eigenvalue weighted by Gasteiger charge is 2.11. The van der Waals surface area contributed by atoms with Gasteiger partial charge in [-0.25, -0.2) is 4.79 Å². The van der Waals surface area contributed by atoms with Gasteiger partial charge < -0.3 is 14.9 Å². The number of nitrogens with one attached hydrogen (secondary N) is 1. The smallest absolute Gasteiger partial charge is 0.413 e. The Labute approximate surface area is 87.5 Å². The molecule has 0 rings (SSSR count). The largest absolute Gasteiger partial charge is 0.513 e. The van der Waals surface area contributed by atoms with Gasteiger partial charge in [-0.15, -0.1) is 0 Å². The molecule has 0 aliphatic carbocycles. The summed E-state index contributed by atoms with van der Waals surface area (Å²) in [5, 5.41) is 19.8. The molecule has 0 aromatic rings. The van der Waals surface area contributed by atoms with E-state index in [2.05, 4.69) is 4.74 Å². The number of hydrogen-bond donors (Lipinski definition) is 3. The van der Waals surface area contributed by atoms with Crippen LogP contribution in [0.2, 0.25) is 0 Å². The molecule has 15 heavy (non-hydrogen) atoms. The highest BCUT2D eigenvalue weighted by Crippen LogP contribution is 2.10. The molecule has 0 saturated heterocycles. The second-order valence-electron chi connectivity index (χ2n) is 2.88. The predicted octanol–water partition coefficient (Wildman–Crippen LogP) is 0.474. The molecule has 0 spiro atoms. The molecule has 6 nitrogen and oxygen atoms in total. The van der Waals surface area contributed by atoms with Gasteiger partial charge in [0.15, 0.2) is 0 Å². The molecule has 0 aliphatic heterocycles. The molecule has 0 heterocycles. The van der Waals surface area contributed by atoms with Crippen LogP contribution in [0.15, 0.2) is 11.3 Å². The van der Waals surface area contributed by atoms with E-state index >= 15 is 0 Å². The summed E-state index contributed by atoms with van der Waals surface area (Å²) in [6, 6.07) is 0. The van der Waals surface area contributed by atoms with E-state index in [0.717, 1.165) is 7.11 Å². The Morgan fingerprint density at radius 1 is 1.40 bits per heavy atom. The first-order chi connectivity index (χ1) is 7.01. The highest BCUT2D eigenvalue weighted by atomic mass is 16.5. The second-order valence-corrected chi connectivity index (χ2v) is 2.88. The van der Waals surface area contributed by atoms with Crippen LogP contribution < -0.4 is 5.32 Å². The summed E-state index contributed by atoms with van der Waals surface area (Å²) in [4.78, 5) is 21.8. The molecular formula is C9H15NO5. The molecule has 0 unspecified atom stereocenters. The standard InChI is InChI=1S/C9H15NO5/c1-6(12)7(3-4-11)5-8(13)10-9(14)15-2/h11-12H,3-5H2,1-2H3,(H,10,13,14)/b7-6-. The van der Waals surface area contributed by atoms with Gasteiger partial charge in [-0.05, 0) is 18.9 Å². The van der Waals surface area contributed by atoms with Crippen LogP contribution in [0.1, 0.15) is 19.8 Å². The maximum atomic E-state index is 11.2. The van der Waals surface area contributed by atoms with Gasteiger partial charge in [0.2, 0.25) is 5.91 Å². The van der Waals surface area contributed by atoms with E-state index in [1.165, 1.54) is 6.92 Å². The molecule has 0 aromatic heterocycles. The summed E-state index contributed by atoms with van der Waals surface area (Å²) in [6.45, 7) is 1.25. The maximum absolute atomic E-state index is 11.2. The van der Waals surface area contributed by atoms with E-state index < -0.39 is 12.0 Å². The van der Waals surface area contributed by atoms with Crippen LogP contribution in [0.5, 0.6) is 0 Å². The number of amides is 2. The Morgan fingerprint density at radius 3 is 2.40 bits per heavy atom. The van der Waals surface area contributed by atoms with Crippen molar-refractivity contribution in [3.8, 4) is 0 Å². The van der Waals surface area contributed by atoms with E-state index in [0.29, 0.717) is 5.57 Å². The molecule has 0 saturated carbocycles. The van der Waals surface area contributed by atoms with Crippen molar-refractivity contribution < 1.29 is 24.5 Å². The number of aliphatic hydroxyl groups excluding tert-OH is 2. The van der Waals surface area contributed by atoms with Crippen LogP contribution in [0.4, 0.5) is 4.79 Å². The summed E-state index contributed by atoms with van der Waals surface area (Å²) in [6.07, 6.45) is -0.798. The van der Waals surface area contributed by atoms with Gasteiger partial charge in [0.1, 0.15) is 0 Å². The van der Waals surface area contributed by atoms with Crippen LogP contribution >= 0.6 is 0 Å². The lowest BCUT2D eigenvalue weighted by molar-refractivity contribution is -0.119. The zero-order valence-electron chi connectivity index (χ0n) is 8.74. The first-order valence-electron chi connectivity index (χ1n) is 4.37. The van der Waals surface area contributed by atoms with Gasteiger partial charge >= 0.3 is 6.09 Å². The van der Waals surface area contributed by atoms with Crippen LogP contribution in [0, 0.1) is 0 Å². The molecule has 3 N–H and O–H groups in total. The lowest BCUT2D eigenvalue weighted by atomic mass is 10.1. The summed E-state index contributed by atoms with van der Waals surface area (Å²) >= 11 is 0. The minimum absolute atomic E-state index is 0.0240.